The van der Waals surface area contributed by atoms with Crippen LogP contribution in [0.25, 0.3) is 0 Å². The number of nitrogens with zero attached hydrogens (tertiary/aromatic N) is 1. The Morgan fingerprint density at radius 2 is 1.76 bits per heavy atom. The maximum atomic E-state index is 12.9. The summed E-state index contributed by atoms with van der Waals surface area (Å²) in [6, 6.07) is 2.84. The Kier molecular flexibility index (Phi) is 4.16. The van der Waals surface area contributed by atoms with Crippen LogP contribution in [0.4, 0.5) is 23.2 Å². The largest absolute Gasteiger partial charge is 0.398 e. The molecule has 4 nitrogen and oxygen atoms in total. The summed E-state index contributed by atoms with van der Waals surface area (Å²) in [6.07, 6.45) is -4.89. The van der Waals surface area contributed by atoms with Crippen LogP contribution in [0.15, 0.2) is 23.1 Å². The third-order valence-corrected chi connectivity index (χ3v) is 5.48. The molecule has 21 heavy (non-hydrogen) atoms. The molecule has 0 spiro atoms. The molecule has 1 aromatic rings. The summed E-state index contributed by atoms with van der Waals surface area (Å²) in [5, 5.41) is 0. The average Bonchev–Trinajstić information content (AvgIpc) is 2.37. The molecule has 1 heterocycles. The van der Waals surface area contributed by atoms with E-state index < -0.39 is 27.9 Å². The molecule has 0 atom stereocenters. The molecule has 1 aliphatic heterocycles. The normalized spacial score (nSPS) is 18.9. The second-order valence-electron chi connectivity index (χ2n) is 4.90. The summed E-state index contributed by atoms with van der Waals surface area (Å²) < 4.78 is 76.2. The molecule has 0 aliphatic carbocycles. The van der Waals surface area contributed by atoms with Gasteiger partial charge >= 0.3 is 6.18 Å². The number of benzene rings is 1. The fourth-order valence-electron chi connectivity index (χ4n) is 2.32. The van der Waals surface area contributed by atoms with E-state index in [2.05, 4.69) is 0 Å². The molecule has 118 valence electrons. The summed E-state index contributed by atoms with van der Waals surface area (Å²) in [5.74, 6) is -2.17. The molecule has 0 amide bonds. The monoisotopic (exact) mass is 326 g/mol. The van der Waals surface area contributed by atoms with Gasteiger partial charge in [-0.3, -0.25) is 0 Å². The second kappa shape index (κ2) is 5.45. The van der Waals surface area contributed by atoms with Crippen molar-refractivity contribution in [1.82, 2.24) is 4.31 Å². The van der Waals surface area contributed by atoms with Crippen molar-refractivity contribution < 1.29 is 26.0 Å². The van der Waals surface area contributed by atoms with Gasteiger partial charge in [-0.15, -0.1) is 0 Å². The predicted octanol–water partition coefficient (Wildman–Crippen LogP) is 2.37. The van der Waals surface area contributed by atoms with Gasteiger partial charge in [0.1, 0.15) is 10.7 Å². The van der Waals surface area contributed by atoms with Crippen LogP contribution in [0.5, 0.6) is 0 Å². The third kappa shape index (κ3) is 3.29. The maximum absolute atomic E-state index is 12.9. The highest BCUT2D eigenvalue weighted by molar-refractivity contribution is 7.89. The van der Waals surface area contributed by atoms with E-state index in [0.29, 0.717) is 0 Å². The van der Waals surface area contributed by atoms with Crippen LogP contribution in [0.3, 0.4) is 0 Å². The standard InChI is InChI=1S/C12H14F4N2O2S/c13-9-1-2-11(10(17)7-9)21(19,20)18-5-3-8(4-6-18)12(14,15)16/h1-2,7-8H,3-6,17H2. The summed E-state index contributed by atoms with van der Waals surface area (Å²) in [6.45, 7) is -0.466. The van der Waals surface area contributed by atoms with Crippen LogP contribution in [-0.4, -0.2) is 32.0 Å². The lowest BCUT2D eigenvalue weighted by Gasteiger charge is -2.32. The molecule has 1 saturated heterocycles. The average molecular weight is 326 g/mol. The van der Waals surface area contributed by atoms with Gasteiger partial charge in [0.2, 0.25) is 10.0 Å². The van der Waals surface area contributed by atoms with Crippen LogP contribution in [0.1, 0.15) is 12.8 Å². The Balaban J connectivity index is 2.19. The van der Waals surface area contributed by atoms with Crippen LogP contribution >= 0.6 is 0 Å². The summed E-state index contributed by atoms with van der Waals surface area (Å²) in [7, 11) is -4.00. The van der Waals surface area contributed by atoms with Crippen molar-refractivity contribution in [3.05, 3.63) is 24.0 Å². The van der Waals surface area contributed by atoms with Crippen LogP contribution in [0, 0.1) is 11.7 Å². The Morgan fingerprint density at radius 3 is 2.24 bits per heavy atom. The lowest BCUT2D eigenvalue weighted by Crippen LogP contribution is -2.42. The van der Waals surface area contributed by atoms with Gasteiger partial charge in [-0.25, -0.2) is 12.8 Å². The number of hydrogen-bond acceptors (Lipinski definition) is 3. The summed E-state index contributed by atoms with van der Waals surface area (Å²) in [4.78, 5) is -0.283. The molecular weight excluding hydrogens is 312 g/mol. The number of anilines is 1. The van der Waals surface area contributed by atoms with Crippen LogP contribution in [0.2, 0.25) is 0 Å². The van der Waals surface area contributed by atoms with Crippen molar-refractivity contribution in [3.8, 4) is 0 Å². The minimum absolute atomic E-state index is 0.233. The lowest BCUT2D eigenvalue weighted by atomic mass is 9.98. The molecule has 0 aromatic heterocycles. The number of sulfonamides is 1. The molecule has 9 heteroatoms. The van der Waals surface area contributed by atoms with Crippen molar-refractivity contribution in [2.75, 3.05) is 18.8 Å². The number of rotatable bonds is 2. The first-order chi connectivity index (χ1) is 9.62. The van der Waals surface area contributed by atoms with E-state index in [1.807, 2.05) is 0 Å². The smallest absolute Gasteiger partial charge is 0.391 e. The fourth-order valence-corrected chi connectivity index (χ4v) is 3.88. The van der Waals surface area contributed by atoms with E-state index >= 15 is 0 Å². The van der Waals surface area contributed by atoms with Gasteiger partial charge in [0.05, 0.1) is 11.6 Å². The summed E-state index contributed by atoms with van der Waals surface area (Å²) >= 11 is 0. The van der Waals surface area contributed by atoms with Gasteiger partial charge < -0.3 is 5.73 Å². The van der Waals surface area contributed by atoms with Gasteiger partial charge in [-0.1, -0.05) is 0 Å². The zero-order valence-electron chi connectivity index (χ0n) is 10.9. The quantitative estimate of drug-likeness (QED) is 0.670. The third-order valence-electron chi connectivity index (χ3n) is 3.51. The summed E-state index contributed by atoms with van der Waals surface area (Å²) in [5.41, 5.74) is 5.23. The fraction of sp³-hybridized carbons (Fsp3) is 0.500. The minimum atomic E-state index is -4.31. The molecule has 2 rings (SSSR count). The van der Waals surface area contributed by atoms with Gasteiger partial charge in [0.25, 0.3) is 0 Å². The zero-order chi connectivity index (χ0) is 15.8. The molecule has 0 saturated carbocycles. The van der Waals surface area contributed by atoms with Crippen molar-refractivity contribution in [3.63, 3.8) is 0 Å². The van der Waals surface area contributed by atoms with E-state index in [1.54, 1.807) is 0 Å². The van der Waals surface area contributed by atoms with Crippen LogP contribution < -0.4 is 5.73 Å². The molecule has 1 fully saturated rings. The Hall–Kier alpha value is -1.35. The van der Waals surface area contributed by atoms with Crippen molar-refractivity contribution in [2.45, 2.75) is 23.9 Å². The SMILES string of the molecule is Nc1cc(F)ccc1S(=O)(=O)N1CCC(C(F)(F)F)CC1. The Morgan fingerprint density at radius 1 is 1.19 bits per heavy atom. The highest BCUT2D eigenvalue weighted by atomic mass is 32.2. The van der Waals surface area contributed by atoms with E-state index in [1.165, 1.54) is 0 Å². The number of piperidine rings is 1. The minimum Gasteiger partial charge on any atom is -0.398 e. The first kappa shape index (κ1) is 16.0. The number of alkyl halides is 3. The van der Waals surface area contributed by atoms with E-state index in [9.17, 15) is 26.0 Å². The van der Waals surface area contributed by atoms with Gasteiger partial charge in [0.15, 0.2) is 0 Å². The van der Waals surface area contributed by atoms with E-state index in [-0.39, 0.29) is 36.5 Å². The zero-order valence-corrected chi connectivity index (χ0v) is 11.7. The van der Waals surface area contributed by atoms with Crippen molar-refractivity contribution >= 4 is 15.7 Å². The van der Waals surface area contributed by atoms with Crippen molar-refractivity contribution in [2.24, 2.45) is 5.92 Å². The molecular formula is C12H14F4N2O2S. The first-order valence-electron chi connectivity index (χ1n) is 6.24. The number of nitrogen functional groups attached to an aromatic ring is 1. The molecule has 2 N–H and O–H groups in total. The Labute approximate surface area is 119 Å². The van der Waals surface area contributed by atoms with Gasteiger partial charge in [0, 0.05) is 13.1 Å². The van der Waals surface area contributed by atoms with Gasteiger partial charge in [-0.2, -0.15) is 17.5 Å². The molecule has 0 unspecified atom stereocenters. The van der Waals surface area contributed by atoms with Gasteiger partial charge in [-0.05, 0) is 31.0 Å². The van der Waals surface area contributed by atoms with Crippen molar-refractivity contribution in [1.29, 1.82) is 0 Å². The molecule has 1 aliphatic rings. The number of hydrogen-bond donors (Lipinski definition) is 1. The maximum Gasteiger partial charge on any atom is 0.391 e. The first-order valence-corrected chi connectivity index (χ1v) is 7.68. The predicted molar refractivity (Wildman–Crippen MR) is 68.4 cm³/mol. The second-order valence-corrected chi connectivity index (χ2v) is 6.81. The molecule has 0 radical (unpaired) electrons. The number of nitrogens with two attached hydrogens (primary N) is 1. The van der Waals surface area contributed by atoms with E-state index in [4.69, 9.17) is 5.73 Å². The highest BCUT2D eigenvalue weighted by Gasteiger charge is 2.43. The van der Waals surface area contributed by atoms with E-state index in [0.717, 1.165) is 22.5 Å². The lowest BCUT2D eigenvalue weighted by molar-refractivity contribution is -0.182. The molecule has 1 aromatic carbocycles. The number of halogens is 4. The van der Waals surface area contributed by atoms with Crippen LogP contribution in [-0.2, 0) is 10.0 Å². The Bertz CT molecular complexity index is 623. The molecule has 0 bridgehead atoms. The highest BCUT2D eigenvalue weighted by Crippen LogP contribution is 2.36. The topological polar surface area (TPSA) is 63.4 Å².